The van der Waals surface area contributed by atoms with Crippen molar-refractivity contribution in [1.82, 2.24) is 5.32 Å². The number of para-hydroxylation sites is 1. The highest BCUT2D eigenvalue weighted by Gasteiger charge is 2.25. The van der Waals surface area contributed by atoms with Crippen molar-refractivity contribution >= 4 is 17.5 Å². The number of nitrogens with one attached hydrogen (secondary N) is 1. The molecule has 2 aromatic rings. The zero-order chi connectivity index (χ0) is 17.1. The van der Waals surface area contributed by atoms with E-state index in [1.54, 1.807) is 24.3 Å². The Morgan fingerprint density at radius 1 is 1.04 bits per heavy atom. The Morgan fingerprint density at radius 3 is 2.42 bits per heavy atom. The van der Waals surface area contributed by atoms with E-state index in [9.17, 15) is 9.59 Å². The van der Waals surface area contributed by atoms with Crippen LogP contribution in [0.15, 0.2) is 48.5 Å². The van der Waals surface area contributed by atoms with E-state index in [1.165, 1.54) is 5.56 Å². The zero-order valence-electron chi connectivity index (χ0n) is 14.1. The normalized spacial score (nSPS) is 13.0. The van der Waals surface area contributed by atoms with Gasteiger partial charge in [-0.15, -0.1) is 0 Å². The Bertz CT molecular complexity index is 750. The number of amides is 2. The highest BCUT2D eigenvalue weighted by molar-refractivity contribution is 6.07. The first-order valence-corrected chi connectivity index (χ1v) is 8.34. The average molecular weight is 322 g/mol. The fourth-order valence-corrected chi connectivity index (χ4v) is 2.87. The minimum atomic E-state index is -0.103. The van der Waals surface area contributed by atoms with Crippen LogP contribution in [0.25, 0.3) is 0 Å². The maximum Gasteiger partial charge on any atom is 0.258 e. The predicted octanol–water partition coefficient (Wildman–Crippen LogP) is 3.28. The SMILES string of the molecule is CC(C)CNC(=O)c1ccc(C(=O)N2CCc3ccccc32)cc1. The van der Waals surface area contributed by atoms with Gasteiger partial charge in [0.15, 0.2) is 0 Å². The molecule has 1 heterocycles. The zero-order valence-corrected chi connectivity index (χ0v) is 14.1. The third-order valence-corrected chi connectivity index (χ3v) is 4.20. The summed E-state index contributed by atoms with van der Waals surface area (Å²) in [6.45, 7) is 5.45. The highest BCUT2D eigenvalue weighted by atomic mass is 16.2. The molecule has 0 bridgehead atoms. The lowest BCUT2D eigenvalue weighted by atomic mass is 10.1. The number of benzene rings is 2. The van der Waals surface area contributed by atoms with Crippen molar-refractivity contribution in [3.63, 3.8) is 0 Å². The summed E-state index contributed by atoms with van der Waals surface area (Å²) in [6, 6.07) is 14.9. The van der Waals surface area contributed by atoms with Crippen LogP contribution in [0, 0.1) is 5.92 Å². The fourth-order valence-electron chi connectivity index (χ4n) is 2.87. The van der Waals surface area contributed by atoms with Crippen LogP contribution in [0.4, 0.5) is 5.69 Å². The number of hydrogen-bond acceptors (Lipinski definition) is 2. The molecule has 3 rings (SSSR count). The Hall–Kier alpha value is -2.62. The van der Waals surface area contributed by atoms with Crippen molar-refractivity contribution < 1.29 is 9.59 Å². The van der Waals surface area contributed by atoms with Gasteiger partial charge >= 0.3 is 0 Å². The van der Waals surface area contributed by atoms with Gasteiger partial charge in [0, 0.05) is 29.9 Å². The molecule has 2 amide bonds. The molecule has 0 unspecified atom stereocenters. The van der Waals surface area contributed by atoms with Gasteiger partial charge in [0.2, 0.25) is 0 Å². The van der Waals surface area contributed by atoms with E-state index >= 15 is 0 Å². The summed E-state index contributed by atoms with van der Waals surface area (Å²) < 4.78 is 0. The fraction of sp³-hybridized carbons (Fsp3) is 0.300. The largest absolute Gasteiger partial charge is 0.352 e. The van der Waals surface area contributed by atoms with Gasteiger partial charge in [0.1, 0.15) is 0 Å². The monoisotopic (exact) mass is 322 g/mol. The molecule has 2 aromatic carbocycles. The first-order chi connectivity index (χ1) is 11.6. The summed E-state index contributed by atoms with van der Waals surface area (Å²) in [5, 5.41) is 2.88. The van der Waals surface area contributed by atoms with Crippen molar-refractivity contribution in [3.05, 3.63) is 65.2 Å². The quantitative estimate of drug-likeness (QED) is 0.939. The summed E-state index contributed by atoms with van der Waals surface area (Å²) in [5.41, 5.74) is 3.37. The minimum Gasteiger partial charge on any atom is -0.352 e. The lowest BCUT2D eigenvalue weighted by molar-refractivity contribution is 0.0946. The molecule has 0 spiro atoms. The van der Waals surface area contributed by atoms with Crippen LogP contribution in [-0.4, -0.2) is 24.9 Å². The van der Waals surface area contributed by atoms with Crippen LogP contribution in [0.5, 0.6) is 0 Å². The Balaban J connectivity index is 1.72. The molecule has 124 valence electrons. The molecule has 4 nitrogen and oxygen atoms in total. The molecule has 0 radical (unpaired) electrons. The maximum absolute atomic E-state index is 12.7. The van der Waals surface area contributed by atoms with Gasteiger partial charge in [0.05, 0.1) is 0 Å². The second-order valence-corrected chi connectivity index (χ2v) is 6.52. The van der Waals surface area contributed by atoms with Crippen molar-refractivity contribution in [3.8, 4) is 0 Å². The topological polar surface area (TPSA) is 49.4 Å². The van der Waals surface area contributed by atoms with Gasteiger partial charge < -0.3 is 10.2 Å². The van der Waals surface area contributed by atoms with E-state index in [4.69, 9.17) is 0 Å². The van der Waals surface area contributed by atoms with Gasteiger partial charge in [-0.1, -0.05) is 32.0 Å². The molecule has 4 heteroatoms. The molecule has 1 aliphatic heterocycles. The van der Waals surface area contributed by atoms with Crippen molar-refractivity contribution in [1.29, 1.82) is 0 Å². The minimum absolute atomic E-state index is 0.0194. The lowest BCUT2D eigenvalue weighted by Gasteiger charge is -2.17. The van der Waals surface area contributed by atoms with Gasteiger partial charge in [0.25, 0.3) is 11.8 Å². The van der Waals surface area contributed by atoms with E-state index in [-0.39, 0.29) is 11.8 Å². The summed E-state index contributed by atoms with van der Waals surface area (Å²) in [6.07, 6.45) is 0.887. The van der Waals surface area contributed by atoms with Crippen LogP contribution in [-0.2, 0) is 6.42 Å². The van der Waals surface area contributed by atoms with Crippen LogP contribution in [0.3, 0.4) is 0 Å². The summed E-state index contributed by atoms with van der Waals surface area (Å²) >= 11 is 0. The molecule has 1 N–H and O–H groups in total. The first-order valence-electron chi connectivity index (χ1n) is 8.34. The van der Waals surface area contributed by atoms with Gasteiger partial charge in [-0.25, -0.2) is 0 Å². The Morgan fingerprint density at radius 2 is 1.71 bits per heavy atom. The van der Waals surface area contributed by atoms with E-state index in [1.807, 2.05) is 23.1 Å². The maximum atomic E-state index is 12.7. The molecule has 1 aliphatic rings. The van der Waals surface area contributed by atoms with Crippen molar-refractivity contribution in [2.75, 3.05) is 18.0 Å². The standard InChI is InChI=1S/C20H22N2O2/c1-14(2)13-21-19(23)16-7-9-17(10-8-16)20(24)22-12-11-15-5-3-4-6-18(15)22/h3-10,14H,11-13H2,1-2H3,(H,21,23). The van der Waals surface area contributed by atoms with Gasteiger partial charge in [-0.3, -0.25) is 9.59 Å². The first kappa shape index (κ1) is 16.2. The summed E-state index contributed by atoms with van der Waals surface area (Å²) in [7, 11) is 0. The van der Waals surface area contributed by atoms with E-state index in [0.29, 0.717) is 30.1 Å². The molecule has 0 saturated carbocycles. The van der Waals surface area contributed by atoms with Crippen LogP contribution >= 0.6 is 0 Å². The molecule has 0 saturated heterocycles. The summed E-state index contributed by atoms with van der Waals surface area (Å²) in [5.74, 6) is 0.286. The molecule has 0 aliphatic carbocycles. The predicted molar refractivity (Wildman–Crippen MR) is 95.4 cm³/mol. The lowest BCUT2D eigenvalue weighted by Crippen LogP contribution is -2.29. The van der Waals surface area contributed by atoms with E-state index < -0.39 is 0 Å². The van der Waals surface area contributed by atoms with Crippen LogP contribution in [0.2, 0.25) is 0 Å². The molecule has 24 heavy (non-hydrogen) atoms. The molecule has 0 fully saturated rings. The van der Waals surface area contributed by atoms with Gasteiger partial charge in [-0.05, 0) is 48.2 Å². The van der Waals surface area contributed by atoms with Crippen LogP contribution < -0.4 is 10.2 Å². The summed E-state index contributed by atoms with van der Waals surface area (Å²) in [4.78, 5) is 26.6. The van der Waals surface area contributed by atoms with E-state index in [0.717, 1.165) is 12.1 Å². The van der Waals surface area contributed by atoms with Crippen molar-refractivity contribution in [2.24, 2.45) is 5.92 Å². The average Bonchev–Trinajstić information content (AvgIpc) is 3.03. The number of anilines is 1. The molecular weight excluding hydrogens is 300 g/mol. The third kappa shape index (κ3) is 3.32. The number of hydrogen-bond donors (Lipinski definition) is 1. The molecule has 0 aromatic heterocycles. The highest BCUT2D eigenvalue weighted by Crippen LogP contribution is 2.28. The number of carbonyl (C=O) groups excluding carboxylic acids is 2. The second kappa shape index (κ2) is 6.87. The second-order valence-electron chi connectivity index (χ2n) is 6.52. The number of nitrogens with zero attached hydrogens (tertiary/aromatic N) is 1. The van der Waals surface area contributed by atoms with E-state index in [2.05, 4.69) is 25.2 Å². The number of carbonyl (C=O) groups is 2. The Labute approximate surface area is 142 Å². The number of rotatable bonds is 4. The van der Waals surface area contributed by atoms with Gasteiger partial charge in [-0.2, -0.15) is 0 Å². The molecule has 0 atom stereocenters. The Kier molecular flexibility index (Phi) is 4.65. The smallest absolute Gasteiger partial charge is 0.258 e. The van der Waals surface area contributed by atoms with Crippen LogP contribution in [0.1, 0.15) is 40.1 Å². The number of fused-ring (bicyclic) bond motifs is 1. The molecular formula is C20H22N2O2. The van der Waals surface area contributed by atoms with Crippen molar-refractivity contribution in [2.45, 2.75) is 20.3 Å². The third-order valence-electron chi connectivity index (χ3n) is 4.20.